The number of likely N-dealkylation sites (tertiary alicyclic amines) is 1. The van der Waals surface area contributed by atoms with Gasteiger partial charge in [-0.1, -0.05) is 0 Å². The second-order valence-electron chi connectivity index (χ2n) is 1.92. The van der Waals surface area contributed by atoms with Crippen LogP contribution in [-0.4, -0.2) is 40.6 Å². The first-order valence-electron chi connectivity index (χ1n) is 2.83. The molecule has 1 heterocycles. The first-order valence-corrected chi connectivity index (χ1v) is 3.41. The van der Waals surface area contributed by atoms with Gasteiger partial charge in [0.1, 0.15) is 0 Å². The Labute approximate surface area is 62.7 Å². The third-order valence-electron chi connectivity index (χ3n) is 1.31. The fourth-order valence-electron chi connectivity index (χ4n) is 0.783. The van der Waals surface area contributed by atoms with Gasteiger partial charge in [0.05, 0.1) is 0 Å². The Hall–Kier alpha value is -0.198. The van der Waals surface area contributed by atoms with Gasteiger partial charge in [-0.25, -0.2) is 0 Å². The van der Waals surface area contributed by atoms with Crippen LogP contribution in [-0.2, 0) is 8.60 Å². The molecule has 1 aliphatic rings. The number of rotatable bonds is 0. The summed E-state index contributed by atoms with van der Waals surface area (Å²) >= 11 is 0.611. The van der Waals surface area contributed by atoms with Gasteiger partial charge in [-0.15, -0.1) is 0 Å². The molecule has 1 amide bonds. The average molecular weight is 143 g/mol. The zero-order chi connectivity index (χ0) is 7.28. The zero-order valence-corrected chi connectivity index (χ0v) is 7.01. The van der Waals surface area contributed by atoms with Gasteiger partial charge in [-0.05, 0) is 6.42 Å². The van der Waals surface area contributed by atoms with Gasteiger partial charge in [-0.2, -0.15) is 0 Å². The summed E-state index contributed by atoms with van der Waals surface area (Å²) in [4.78, 5) is 12.3. The van der Waals surface area contributed by atoms with E-state index in [9.17, 15) is 4.79 Å². The summed E-state index contributed by atoms with van der Waals surface area (Å²) in [6.45, 7) is 0.957. The van der Waals surface area contributed by atoms with Crippen molar-refractivity contribution in [2.75, 3.05) is 13.6 Å². The molecule has 0 bridgehead atoms. The summed E-state index contributed by atoms with van der Waals surface area (Å²) in [5.41, 5.74) is 0. The number of hydrogen-bond acceptors (Lipinski definition) is 2. The number of carbonyl (C=O) groups excluding carboxylic acids is 1. The number of hydrogen-bond donors (Lipinski definition) is 0. The molecule has 4 heteroatoms. The van der Waals surface area contributed by atoms with Gasteiger partial charge in [0.2, 0.25) is 5.91 Å². The SMILES string of the molecule is CN1CCCC1=O.[O]=[AlH]. The topological polar surface area (TPSA) is 37.4 Å². The van der Waals surface area contributed by atoms with Gasteiger partial charge in [-0.3, -0.25) is 4.79 Å². The van der Waals surface area contributed by atoms with Crippen molar-refractivity contribution in [2.24, 2.45) is 0 Å². The van der Waals surface area contributed by atoms with Crippen LogP contribution in [0.15, 0.2) is 0 Å². The molecule has 50 valence electrons. The quantitative estimate of drug-likeness (QED) is 0.427. The molecule has 1 saturated heterocycles. The molecule has 0 spiro atoms. The van der Waals surface area contributed by atoms with Crippen LogP contribution in [0.1, 0.15) is 12.8 Å². The Bertz CT molecular complexity index is 107. The molecule has 1 rings (SSSR count). The maximum absolute atomic E-state index is 10.5. The normalized spacial score (nSPS) is 16.9. The van der Waals surface area contributed by atoms with Crippen LogP contribution in [0.2, 0.25) is 0 Å². The fourth-order valence-corrected chi connectivity index (χ4v) is 0.783. The Morgan fingerprint density at radius 3 is 2.22 bits per heavy atom. The fraction of sp³-hybridized carbons (Fsp3) is 0.800. The third-order valence-corrected chi connectivity index (χ3v) is 1.31. The standard InChI is InChI=1S/C5H9NO.Al.O.H/c1-6-4-2-3-5(6)7;;;/h2-4H2,1H3;;;. The van der Waals surface area contributed by atoms with Crippen LogP contribution < -0.4 is 0 Å². The van der Waals surface area contributed by atoms with E-state index in [-0.39, 0.29) is 0 Å². The molecular formula is C5H10AlNO2. The van der Waals surface area contributed by atoms with E-state index >= 15 is 0 Å². The molecule has 0 atom stereocenters. The Balaban J connectivity index is 0.000000291. The van der Waals surface area contributed by atoms with Crippen LogP contribution in [0.25, 0.3) is 0 Å². The monoisotopic (exact) mass is 143 g/mol. The Morgan fingerprint density at radius 2 is 2.11 bits per heavy atom. The van der Waals surface area contributed by atoms with Crippen molar-refractivity contribution in [2.45, 2.75) is 12.8 Å². The minimum absolute atomic E-state index is 0.292. The van der Waals surface area contributed by atoms with E-state index in [1.54, 1.807) is 4.90 Å². The van der Waals surface area contributed by atoms with Crippen molar-refractivity contribution in [1.82, 2.24) is 4.90 Å². The molecule has 0 radical (unpaired) electrons. The second kappa shape index (κ2) is 4.66. The Morgan fingerprint density at radius 1 is 1.56 bits per heavy atom. The van der Waals surface area contributed by atoms with Gasteiger partial charge in [0.15, 0.2) is 0 Å². The average Bonchev–Trinajstić information content (AvgIpc) is 2.23. The zero-order valence-electron chi connectivity index (χ0n) is 5.59. The second-order valence-corrected chi connectivity index (χ2v) is 1.92. The Kier molecular flexibility index (Phi) is 4.56. The molecular weight excluding hydrogens is 133 g/mol. The molecule has 0 aromatic rings. The molecule has 0 unspecified atom stereocenters. The van der Waals surface area contributed by atoms with Crippen LogP contribution >= 0.6 is 0 Å². The number of nitrogens with zero attached hydrogens (tertiary/aromatic N) is 1. The summed E-state index contributed by atoms with van der Waals surface area (Å²) in [7, 11) is 1.84. The van der Waals surface area contributed by atoms with Crippen LogP contribution in [0.4, 0.5) is 0 Å². The molecule has 1 fully saturated rings. The molecule has 0 aromatic carbocycles. The van der Waals surface area contributed by atoms with Crippen molar-refractivity contribution in [3.05, 3.63) is 0 Å². The predicted octanol–water partition coefficient (Wildman–Crippen LogP) is -0.529. The summed E-state index contributed by atoms with van der Waals surface area (Å²) < 4.78 is 8.28. The van der Waals surface area contributed by atoms with Gasteiger partial charge < -0.3 is 4.90 Å². The minimum atomic E-state index is 0.292. The van der Waals surface area contributed by atoms with Crippen LogP contribution in [0, 0.1) is 0 Å². The molecule has 3 nitrogen and oxygen atoms in total. The van der Waals surface area contributed by atoms with Gasteiger partial charge >= 0.3 is 20.0 Å². The molecule has 0 aromatic heterocycles. The van der Waals surface area contributed by atoms with E-state index < -0.39 is 0 Å². The molecule has 0 N–H and O–H groups in total. The summed E-state index contributed by atoms with van der Waals surface area (Å²) in [5, 5.41) is 0. The van der Waals surface area contributed by atoms with E-state index in [4.69, 9.17) is 3.80 Å². The molecule has 9 heavy (non-hydrogen) atoms. The summed E-state index contributed by atoms with van der Waals surface area (Å²) in [6.07, 6.45) is 1.81. The van der Waals surface area contributed by atoms with Crippen molar-refractivity contribution >= 4 is 22.1 Å². The number of carbonyl (C=O) groups is 1. The molecule has 0 saturated carbocycles. The van der Waals surface area contributed by atoms with Gasteiger partial charge in [0, 0.05) is 20.0 Å². The first-order chi connectivity index (χ1) is 4.30. The molecule has 0 aliphatic carbocycles. The molecule has 1 aliphatic heterocycles. The van der Waals surface area contributed by atoms with E-state index in [1.807, 2.05) is 7.05 Å². The van der Waals surface area contributed by atoms with E-state index in [2.05, 4.69) is 0 Å². The van der Waals surface area contributed by atoms with Crippen molar-refractivity contribution in [3.63, 3.8) is 0 Å². The van der Waals surface area contributed by atoms with E-state index in [0.29, 0.717) is 22.1 Å². The van der Waals surface area contributed by atoms with E-state index in [1.165, 1.54) is 0 Å². The maximum atomic E-state index is 10.5. The van der Waals surface area contributed by atoms with Crippen LogP contribution in [0.3, 0.4) is 0 Å². The van der Waals surface area contributed by atoms with Crippen LogP contribution in [0.5, 0.6) is 0 Å². The van der Waals surface area contributed by atoms with Crippen molar-refractivity contribution in [3.8, 4) is 0 Å². The van der Waals surface area contributed by atoms with Crippen molar-refractivity contribution in [1.29, 1.82) is 0 Å². The first kappa shape index (κ1) is 8.80. The van der Waals surface area contributed by atoms with E-state index in [0.717, 1.165) is 19.4 Å². The summed E-state index contributed by atoms with van der Waals surface area (Å²) in [5.74, 6) is 0.292. The van der Waals surface area contributed by atoms with Gasteiger partial charge in [0.25, 0.3) is 0 Å². The number of amides is 1. The third kappa shape index (κ3) is 2.73. The predicted molar refractivity (Wildman–Crippen MR) is 34.7 cm³/mol. The summed E-state index contributed by atoms with van der Waals surface area (Å²) in [6, 6.07) is 0. The van der Waals surface area contributed by atoms with Crippen molar-refractivity contribution < 1.29 is 8.60 Å².